The van der Waals surface area contributed by atoms with Crippen LogP contribution >= 0.6 is 22.0 Å². The van der Waals surface area contributed by atoms with Crippen molar-refractivity contribution in [2.24, 2.45) is 0 Å². The number of nitrogens with zero attached hydrogens (tertiary/aromatic N) is 1. The summed E-state index contributed by atoms with van der Waals surface area (Å²) in [5.74, 6) is 0.0582. The van der Waals surface area contributed by atoms with Crippen LogP contribution in [0.25, 0.3) is 0 Å². The van der Waals surface area contributed by atoms with Crippen molar-refractivity contribution in [1.29, 1.82) is 0 Å². The van der Waals surface area contributed by atoms with Crippen molar-refractivity contribution in [3.05, 3.63) is 17.0 Å². The maximum atomic E-state index is 11.8. The molecule has 0 radical (unpaired) electrons. The van der Waals surface area contributed by atoms with Crippen molar-refractivity contribution in [3.63, 3.8) is 0 Å². The average molecular weight is 294 g/mol. The van der Waals surface area contributed by atoms with Crippen LogP contribution in [0.15, 0.2) is 16.3 Å². The van der Waals surface area contributed by atoms with Crippen LogP contribution in [0.2, 0.25) is 0 Å². The first-order valence-electron chi connectivity index (χ1n) is 5.28. The highest BCUT2D eigenvalue weighted by Crippen LogP contribution is 2.25. The van der Waals surface area contributed by atoms with Crippen molar-refractivity contribution in [2.45, 2.75) is 23.5 Å². The van der Waals surface area contributed by atoms with Gasteiger partial charge in [-0.3, -0.25) is 4.79 Å². The highest BCUT2D eigenvalue weighted by molar-refractivity contribution is 8.15. The predicted octanol–water partition coefficient (Wildman–Crippen LogP) is 1.84. The topological polar surface area (TPSA) is 54.5 Å². The van der Waals surface area contributed by atoms with Gasteiger partial charge in [0.25, 0.3) is 9.05 Å². The first-order valence-corrected chi connectivity index (χ1v) is 8.40. The van der Waals surface area contributed by atoms with E-state index < -0.39 is 9.05 Å². The molecule has 0 bridgehead atoms. The molecular formula is C10H12ClNO3S2. The summed E-state index contributed by atoms with van der Waals surface area (Å²) in [4.78, 5) is 14.4. The molecular weight excluding hydrogens is 282 g/mol. The third-order valence-electron chi connectivity index (χ3n) is 2.66. The first-order chi connectivity index (χ1) is 7.97. The second-order valence-electron chi connectivity index (χ2n) is 3.92. The van der Waals surface area contributed by atoms with Gasteiger partial charge < -0.3 is 4.90 Å². The fourth-order valence-electron chi connectivity index (χ4n) is 1.81. The van der Waals surface area contributed by atoms with E-state index in [2.05, 4.69) is 0 Å². The number of hydrogen-bond acceptors (Lipinski definition) is 4. The summed E-state index contributed by atoms with van der Waals surface area (Å²) in [6.07, 6.45) is 2.37. The number of likely N-dealkylation sites (tertiary alicyclic amines) is 1. The molecule has 1 aromatic rings. The molecule has 7 heteroatoms. The number of carbonyl (C=O) groups is 1. The van der Waals surface area contributed by atoms with Crippen LogP contribution in [0, 0.1) is 0 Å². The second kappa shape index (κ2) is 4.96. The maximum Gasteiger partial charge on any atom is 0.270 e. The summed E-state index contributed by atoms with van der Waals surface area (Å²) >= 11 is 1.06. The Bertz CT molecular complexity index is 517. The molecule has 0 unspecified atom stereocenters. The van der Waals surface area contributed by atoms with Crippen LogP contribution in [0.5, 0.6) is 0 Å². The van der Waals surface area contributed by atoms with Crippen molar-refractivity contribution < 1.29 is 13.2 Å². The summed E-state index contributed by atoms with van der Waals surface area (Å²) < 4.78 is 22.2. The smallest absolute Gasteiger partial charge is 0.270 e. The summed E-state index contributed by atoms with van der Waals surface area (Å²) in [7, 11) is 1.55. The van der Waals surface area contributed by atoms with Crippen LogP contribution in [0.4, 0.5) is 0 Å². The Morgan fingerprint density at radius 3 is 2.53 bits per heavy atom. The molecule has 1 aliphatic heterocycles. The van der Waals surface area contributed by atoms with E-state index in [0.717, 1.165) is 42.1 Å². The van der Waals surface area contributed by atoms with Crippen LogP contribution in [-0.2, 0) is 20.3 Å². The molecule has 1 aliphatic rings. The molecule has 0 aliphatic carbocycles. The number of halogens is 1. The molecule has 94 valence electrons. The Kier molecular flexibility index (Phi) is 3.75. The molecule has 0 spiro atoms. The minimum Gasteiger partial charge on any atom is -0.342 e. The van der Waals surface area contributed by atoms with Gasteiger partial charge in [0.1, 0.15) is 4.21 Å². The molecule has 1 aromatic heterocycles. The van der Waals surface area contributed by atoms with Crippen LogP contribution in [0.1, 0.15) is 17.7 Å². The molecule has 4 nitrogen and oxygen atoms in total. The van der Waals surface area contributed by atoms with Gasteiger partial charge in [0.2, 0.25) is 5.91 Å². The van der Waals surface area contributed by atoms with E-state index >= 15 is 0 Å². The standard InChI is InChI=1S/C10H12ClNO3S2/c11-17(14,15)10-4-3-8(16-10)7-9(13)12-5-1-2-6-12/h3-4H,1-2,5-7H2. The van der Waals surface area contributed by atoms with Crippen LogP contribution in [-0.4, -0.2) is 32.3 Å². The van der Waals surface area contributed by atoms with Gasteiger partial charge in [-0.15, -0.1) is 11.3 Å². The lowest BCUT2D eigenvalue weighted by Gasteiger charge is -2.14. The Morgan fingerprint density at radius 1 is 1.35 bits per heavy atom. The molecule has 0 N–H and O–H groups in total. The van der Waals surface area contributed by atoms with Crippen molar-refractivity contribution >= 4 is 37.0 Å². The molecule has 0 saturated carbocycles. The molecule has 1 fully saturated rings. The van der Waals surface area contributed by atoms with Gasteiger partial charge in [-0.05, 0) is 25.0 Å². The van der Waals surface area contributed by atoms with E-state index in [4.69, 9.17) is 10.7 Å². The zero-order valence-corrected chi connectivity index (χ0v) is 11.4. The highest BCUT2D eigenvalue weighted by Gasteiger charge is 2.20. The van der Waals surface area contributed by atoms with Gasteiger partial charge in [-0.1, -0.05) is 0 Å². The third kappa shape index (κ3) is 3.20. The molecule has 1 amide bonds. The minimum atomic E-state index is -3.67. The van der Waals surface area contributed by atoms with Crippen molar-refractivity contribution in [2.75, 3.05) is 13.1 Å². The lowest BCUT2D eigenvalue weighted by Crippen LogP contribution is -2.28. The quantitative estimate of drug-likeness (QED) is 0.799. The van der Waals surface area contributed by atoms with Gasteiger partial charge in [-0.25, -0.2) is 8.42 Å². The molecule has 0 atom stereocenters. The van der Waals surface area contributed by atoms with E-state index in [9.17, 15) is 13.2 Å². The van der Waals surface area contributed by atoms with Crippen molar-refractivity contribution in [3.8, 4) is 0 Å². The number of rotatable bonds is 3. The van der Waals surface area contributed by atoms with Crippen LogP contribution < -0.4 is 0 Å². The van der Waals surface area contributed by atoms with Gasteiger partial charge >= 0.3 is 0 Å². The third-order valence-corrected chi connectivity index (χ3v) is 5.84. The van der Waals surface area contributed by atoms with Gasteiger partial charge in [0.05, 0.1) is 6.42 Å². The Hall–Kier alpha value is -0.590. The lowest BCUT2D eigenvalue weighted by atomic mass is 10.3. The Balaban J connectivity index is 2.04. The molecule has 0 aromatic carbocycles. The minimum absolute atomic E-state index is 0.0582. The predicted molar refractivity (Wildman–Crippen MR) is 66.9 cm³/mol. The Morgan fingerprint density at radius 2 is 2.00 bits per heavy atom. The normalized spacial score (nSPS) is 16.4. The van der Waals surface area contributed by atoms with E-state index in [1.54, 1.807) is 6.07 Å². The fraction of sp³-hybridized carbons (Fsp3) is 0.500. The van der Waals surface area contributed by atoms with E-state index in [1.807, 2.05) is 4.90 Å². The summed E-state index contributed by atoms with van der Waals surface area (Å²) in [6.45, 7) is 1.62. The number of thiophene rings is 1. The second-order valence-corrected chi connectivity index (χ2v) is 7.88. The summed E-state index contributed by atoms with van der Waals surface area (Å²) in [5, 5.41) is 0. The largest absolute Gasteiger partial charge is 0.342 e. The highest BCUT2D eigenvalue weighted by atomic mass is 35.7. The van der Waals surface area contributed by atoms with E-state index in [0.29, 0.717) is 0 Å². The molecule has 2 rings (SSSR count). The van der Waals surface area contributed by atoms with Crippen molar-refractivity contribution in [1.82, 2.24) is 4.90 Å². The average Bonchev–Trinajstić information content (AvgIpc) is 2.85. The number of amides is 1. The zero-order chi connectivity index (χ0) is 12.5. The van der Waals surface area contributed by atoms with E-state index in [-0.39, 0.29) is 16.5 Å². The SMILES string of the molecule is O=C(Cc1ccc(S(=O)(=O)Cl)s1)N1CCCC1. The monoisotopic (exact) mass is 293 g/mol. The van der Waals surface area contributed by atoms with Gasteiger partial charge in [0, 0.05) is 28.6 Å². The van der Waals surface area contributed by atoms with Crippen LogP contribution in [0.3, 0.4) is 0 Å². The molecule has 17 heavy (non-hydrogen) atoms. The maximum absolute atomic E-state index is 11.8. The molecule has 1 saturated heterocycles. The number of hydrogen-bond donors (Lipinski definition) is 0. The summed E-state index contributed by atoms with van der Waals surface area (Å²) in [5.41, 5.74) is 0. The van der Waals surface area contributed by atoms with Gasteiger partial charge in [-0.2, -0.15) is 0 Å². The first kappa shape index (κ1) is 12.9. The Labute approximate surface area is 109 Å². The summed E-state index contributed by atoms with van der Waals surface area (Å²) in [6, 6.07) is 3.09. The van der Waals surface area contributed by atoms with E-state index in [1.165, 1.54) is 6.07 Å². The zero-order valence-electron chi connectivity index (χ0n) is 9.06. The fourth-order valence-corrected chi connectivity index (χ4v) is 3.93. The lowest BCUT2D eigenvalue weighted by molar-refractivity contribution is -0.129. The number of carbonyl (C=O) groups excluding carboxylic acids is 1. The molecule has 2 heterocycles. The van der Waals surface area contributed by atoms with Gasteiger partial charge in [0.15, 0.2) is 0 Å².